The highest BCUT2D eigenvalue weighted by Gasteiger charge is 2.63. The smallest absolute Gasteiger partial charge is 0.187 e. The highest BCUT2D eigenvalue weighted by Crippen LogP contribution is 2.68. The summed E-state index contributed by atoms with van der Waals surface area (Å²) in [6, 6.07) is 0. The molecular weight excluding hydrogens is 648 g/mol. The van der Waals surface area contributed by atoms with Gasteiger partial charge in [-0.1, -0.05) is 38.3 Å². The fourth-order valence-electron chi connectivity index (χ4n) is 11.5. The van der Waals surface area contributed by atoms with Gasteiger partial charge in [0.25, 0.3) is 0 Å². The molecule has 12 heteroatoms. The van der Waals surface area contributed by atoms with Crippen molar-refractivity contribution in [2.45, 2.75) is 172 Å². The van der Waals surface area contributed by atoms with E-state index >= 15 is 0 Å². The van der Waals surface area contributed by atoms with Crippen molar-refractivity contribution in [1.82, 2.24) is 0 Å². The van der Waals surface area contributed by atoms with Gasteiger partial charge in [-0.05, 0) is 106 Å². The Kier molecular flexibility index (Phi) is 10.9. The predicted molar refractivity (Wildman–Crippen MR) is 177 cm³/mol. The Morgan fingerprint density at radius 3 is 2.40 bits per heavy atom. The number of hydrogen-bond acceptors (Lipinski definition) is 12. The molecule has 0 aromatic carbocycles. The minimum absolute atomic E-state index is 0.0111. The normalized spacial score (nSPS) is 53.9. The molecule has 20 atom stereocenters. The number of rotatable bonds is 9. The van der Waals surface area contributed by atoms with Gasteiger partial charge in [0.1, 0.15) is 42.7 Å². The standard InChI is InChI=1S/C38H61O12/c1-18(16-39)5-7-21-14-26-27(47-21)15-25-23-8-6-20-13-22(9-11-37(20,3)24(23)10-12-38(25,26)4)48-36-34(32(44)30(42)28(17-40)49-36)50-35-33(45)31(43)29(41)19(2)46-35/h6,18-19,21-36,40-45H,5,7-17H2,1-4H3/q-1/t18-,19?,21-,22+,23-,24+,25+,26-,27?,28?,29+,30-,31?,32?,33?,34?,35+,36-,37+,38+/m1/s1. The van der Waals surface area contributed by atoms with Gasteiger partial charge in [-0.3, -0.25) is 0 Å². The number of fused-ring (bicyclic) bond motifs is 7. The lowest BCUT2D eigenvalue weighted by Crippen LogP contribution is -2.64. The maximum Gasteiger partial charge on any atom is 0.187 e. The predicted octanol–water partition coefficient (Wildman–Crippen LogP) is 1.15. The average Bonchev–Trinajstić information content (AvgIpc) is 3.64. The van der Waals surface area contributed by atoms with Crippen molar-refractivity contribution in [3.63, 3.8) is 0 Å². The van der Waals surface area contributed by atoms with E-state index in [1.165, 1.54) is 25.3 Å². The molecule has 6 fully saturated rings. The Morgan fingerprint density at radius 1 is 0.880 bits per heavy atom. The minimum atomic E-state index is -1.61. The van der Waals surface area contributed by atoms with Gasteiger partial charge in [-0.25, -0.2) is 0 Å². The van der Waals surface area contributed by atoms with Gasteiger partial charge in [0.05, 0.1) is 31.0 Å². The van der Waals surface area contributed by atoms with E-state index in [1.54, 1.807) is 0 Å². The van der Waals surface area contributed by atoms with E-state index in [-0.39, 0.29) is 29.5 Å². The van der Waals surface area contributed by atoms with Crippen molar-refractivity contribution >= 4 is 0 Å². The molecule has 6 N–H and O–H groups in total. The first kappa shape index (κ1) is 37.6. The van der Waals surface area contributed by atoms with E-state index < -0.39 is 68.0 Å². The van der Waals surface area contributed by atoms with Crippen molar-refractivity contribution in [1.29, 1.82) is 0 Å². The third-order valence-corrected chi connectivity index (χ3v) is 14.7. The summed E-state index contributed by atoms with van der Waals surface area (Å²) in [6.07, 6.45) is -0.479. The largest absolute Gasteiger partial charge is 0.854 e. The lowest BCUT2D eigenvalue weighted by molar-refractivity contribution is -0.378. The van der Waals surface area contributed by atoms with Gasteiger partial charge < -0.3 is 59.4 Å². The van der Waals surface area contributed by atoms with Crippen molar-refractivity contribution in [2.24, 2.45) is 40.4 Å². The third kappa shape index (κ3) is 6.45. The second kappa shape index (κ2) is 14.5. The third-order valence-electron chi connectivity index (χ3n) is 14.7. The fraction of sp³-hybridized carbons (Fsp3) is 0.947. The molecule has 3 saturated carbocycles. The second-order valence-electron chi connectivity index (χ2n) is 17.5. The Morgan fingerprint density at radius 2 is 1.66 bits per heavy atom. The maximum absolute atomic E-state index is 11.3. The summed E-state index contributed by atoms with van der Waals surface area (Å²) in [4.78, 5) is 0. The Balaban J connectivity index is 1.02. The van der Waals surface area contributed by atoms with Crippen molar-refractivity contribution < 1.29 is 59.4 Å². The van der Waals surface area contributed by atoms with Gasteiger partial charge in [0.2, 0.25) is 0 Å². The lowest BCUT2D eigenvalue weighted by Gasteiger charge is -2.58. The van der Waals surface area contributed by atoms with Crippen molar-refractivity contribution in [3.05, 3.63) is 11.6 Å². The lowest BCUT2D eigenvalue weighted by atomic mass is 9.47. The molecule has 3 saturated heterocycles. The van der Waals surface area contributed by atoms with E-state index in [0.29, 0.717) is 42.3 Å². The summed E-state index contributed by atoms with van der Waals surface area (Å²) >= 11 is 0. The van der Waals surface area contributed by atoms with E-state index in [1.807, 2.05) is 6.92 Å². The monoisotopic (exact) mass is 709 g/mol. The molecule has 0 aromatic heterocycles. The molecule has 4 aliphatic carbocycles. The Bertz CT molecular complexity index is 1220. The quantitative estimate of drug-likeness (QED) is 0.188. The Hall–Kier alpha value is -0.740. The minimum Gasteiger partial charge on any atom is -0.854 e. The molecular formula is C38H61O12-. The highest BCUT2D eigenvalue weighted by atomic mass is 16.8. The van der Waals surface area contributed by atoms with E-state index in [2.05, 4.69) is 19.9 Å². The molecule has 3 aliphatic heterocycles. The van der Waals surface area contributed by atoms with Crippen LogP contribution in [0.15, 0.2) is 11.6 Å². The van der Waals surface area contributed by atoms with Gasteiger partial charge in [0, 0.05) is 0 Å². The molecule has 7 rings (SSSR count). The zero-order chi connectivity index (χ0) is 35.7. The number of aliphatic hydroxyl groups is 6. The maximum atomic E-state index is 11.3. The molecule has 7 aliphatic rings. The van der Waals surface area contributed by atoms with Gasteiger partial charge >= 0.3 is 0 Å². The molecule has 0 aromatic rings. The zero-order valence-corrected chi connectivity index (χ0v) is 30.1. The number of hydrogen-bond donors (Lipinski definition) is 6. The van der Waals surface area contributed by atoms with Crippen LogP contribution in [0, 0.1) is 40.4 Å². The van der Waals surface area contributed by atoms with Crippen LogP contribution in [0.2, 0.25) is 0 Å². The number of allylic oxidation sites excluding steroid dienone is 1. The summed E-state index contributed by atoms with van der Waals surface area (Å²) < 4.78 is 30.7. The summed E-state index contributed by atoms with van der Waals surface area (Å²) in [5.74, 6) is 2.65. The first-order valence-corrected chi connectivity index (χ1v) is 19.3. The van der Waals surface area contributed by atoms with Gasteiger partial charge in [-0.2, -0.15) is 0 Å². The molecule has 50 heavy (non-hydrogen) atoms. The number of ether oxygens (including phenoxy) is 5. The average molecular weight is 710 g/mol. The Labute approximate surface area is 296 Å². The van der Waals surface area contributed by atoms with Gasteiger partial charge in [0.15, 0.2) is 12.6 Å². The second-order valence-corrected chi connectivity index (χ2v) is 17.5. The van der Waals surface area contributed by atoms with Crippen LogP contribution in [-0.2, 0) is 23.7 Å². The SMILES string of the molecule is CC1O[C@@H](OC2C(O)[C@H](O)C(CO)O[C@H]2O[C@H]2CC[C@@]3(C)C(=CC[C@H]4[C@@H]5CC6O[C@H](CC[C@@H](C)C[O-])C[C@H]6[C@@]5(C)CC[C@@H]43)C2)C(O)C(O)[C@H]1O. The molecule has 12 nitrogen and oxygen atoms in total. The van der Waals surface area contributed by atoms with Crippen LogP contribution in [0.4, 0.5) is 0 Å². The van der Waals surface area contributed by atoms with Crippen LogP contribution in [0.3, 0.4) is 0 Å². The molecule has 7 unspecified atom stereocenters. The van der Waals surface area contributed by atoms with Crippen LogP contribution in [0.25, 0.3) is 0 Å². The van der Waals surface area contributed by atoms with Crippen LogP contribution in [-0.4, -0.2) is 124 Å². The van der Waals surface area contributed by atoms with E-state index in [0.717, 1.165) is 44.9 Å². The van der Waals surface area contributed by atoms with Crippen LogP contribution < -0.4 is 5.11 Å². The fourth-order valence-corrected chi connectivity index (χ4v) is 11.5. The molecule has 0 amide bonds. The van der Waals surface area contributed by atoms with Crippen molar-refractivity contribution in [2.75, 3.05) is 13.2 Å². The molecule has 0 bridgehead atoms. The first-order valence-electron chi connectivity index (χ1n) is 19.3. The topological polar surface area (TPSA) is 191 Å². The summed E-state index contributed by atoms with van der Waals surface area (Å²) in [7, 11) is 0. The molecule has 0 radical (unpaired) electrons. The van der Waals surface area contributed by atoms with E-state index in [4.69, 9.17) is 23.7 Å². The van der Waals surface area contributed by atoms with Crippen LogP contribution >= 0.6 is 0 Å². The highest BCUT2D eigenvalue weighted by molar-refractivity contribution is 5.26. The van der Waals surface area contributed by atoms with Crippen LogP contribution in [0.5, 0.6) is 0 Å². The molecule has 0 spiro atoms. The van der Waals surface area contributed by atoms with Crippen molar-refractivity contribution in [3.8, 4) is 0 Å². The summed E-state index contributed by atoms with van der Waals surface area (Å²) in [6.45, 7) is 7.99. The van der Waals surface area contributed by atoms with Crippen LogP contribution in [0.1, 0.15) is 91.9 Å². The van der Waals surface area contributed by atoms with Gasteiger partial charge in [-0.15, -0.1) is 6.61 Å². The molecule has 3 heterocycles. The first-order chi connectivity index (χ1) is 23.8. The number of aliphatic hydroxyl groups excluding tert-OH is 6. The summed E-state index contributed by atoms with van der Waals surface area (Å²) in [5.41, 5.74) is 1.74. The summed E-state index contributed by atoms with van der Waals surface area (Å²) in [5, 5.41) is 74.0. The van der Waals surface area contributed by atoms with E-state index in [9.17, 15) is 35.7 Å². The molecule has 286 valence electrons. The zero-order valence-electron chi connectivity index (χ0n) is 30.1.